The second-order valence-electron chi connectivity index (χ2n) is 6.56. The Labute approximate surface area is 121 Å². The van der Waals surface area contributed by atoms with Crippen LogP contribution >= 0.6 is 0 Å². The Hall–Kier alpha value is -0.870. The van der Waals surface area contributed by atoms with Gasteiger partial charge < -0.3 is 5.73 Å². The lowest BCUT2D eigenvalue weighted by atomic mass is 9.77. The number of rotatable bonds is 3. The average molecular weight is 293 g/mol. The van der Waals surface area contributed by atoms with E-state index in [-0.39, 0.29) is 5.54 Å². The molecular formula is C16H23NO2S. The quantitative estimate of drug-likeness (QED) is 0.932. The van der Waals surface area contributed by atoms with E-state index in [0.29, 0.717) is 0 Å². The summed E-state index contributed by atoms with van der Waals surface area (Å²) >= 11 is 0. The van der Waals surface area contributed by atoms with Crippen molar-refractivity contribution in [2.24, 2.45) is 5.73 Å². The maximum Gasteiger partial charge on any atom is 0.157 e. The predicted molar refractivity (Wildman–Crippen MR) is 81.1 cm³/mol. The molecule has 3 nitrogen and oxygen atoms in total. The van der Waals surface area contributed by atoms with Gasteiger partial charge in [-0.15, -0.1) is 0 Å². The molecule has 2 aliphatic rings. The van der Waals surface area contributed by atoms with E-state index in [0.717, 1.165) is 36.8 Å². The lowest BCUT2D eigenvalue weighted by molar-refractivity contribution is 0.302. The first-order chi connectivity index (χ1) is 9.37. The SMILES string of the molecule is CS(=O)(=O)C1(c2ccc(C3(N)CCCCC3)cc2)CC1. The zero-order valence-corrected chi connectivity index (χ0v) is 12.9. The topological polar surface area (TPSA) is 60.2 Å². The van der Waals surface area contributed by atoms with E-state index in [2.05, 4.69) is 0 Å². The molecule has 0 atom stereocenters. The van der Waals surface area contributed by atoms with Crippen molar-refractivity contribution < 1.29 is 8.42 Å². The van der Waals surface area contributed by atoms with Gasteiger partial charge in [-0.2, -0.15) is 0 Å². The summed E-state index contributed by atoms with van der Waals surface area (Å²) in [6.07, 6.45) is 8.55. The van der Waals surface area contributed by atoms with Crippen molar-refractivity contribution in [3.05, 3.63) is 35.4 Å². The molecule has 2 fully saturated rings. The molecule has 0 bridgehead atoms. The molecule has 2 aliphatic carbocycles. The van der Waals surface area contributed by atoms with Crippen LogP contribution in [-0.2, 0) is 20.1 Å². The first kappa shape index (κ1) is 14.1. The molecule has 1 aromatic rings. The van der Waals surface area contributed by atoms with E-state index in [1.165, 1.54) is 25.5 Å². The number of nitrogens with two attached hydrogens (primary N) is 1. The Morgan fingerprint density at radius 1 is 0.900 bits per heavy atom. The van der Waals surface area contributed by atoms with Crippen molar-refractivity contribution >= 4 is 9.84 Å². The van der Waals surface area contributed by atoms with Gasteiger partial charge >= 0.3 is 0 Å². The molecule has 0 aliphatic heterocycles. The fourth-order valence-corrected chi connectivity index (χ4v) is 4.97. The Morgan fingerprint density at radius 3 is 1.85 bits per heavy atom. The molecule has 2 N–H and O–H groups in total. The third-order valence-electron chi connectivity index (χ3n) is 5.15. The van der Waals surface area contributed by atoms with E-state index in [1.54, 1.807) is 0 Å². The molecule has 0 spiro atoms. The van der Waals surface area contributed by atoms with Crippen LogP contribution in [0.4, 0.5) is 0 Å². The molecule has 0 unspecified atom stereocenters. The maximum absolute atomic E-state index is 11.9. The summed E-state index contributed by atoms with van der Waals surface area (Å²) < 4.78 is 23.3. The maximum atomic E-state index is 11.9. The van der Waals surface area contributed by atoms with Gasteiger partial charge in [0.1, 0.15) is 0 Å². The van der Waals surface area contributed by atoms with Gasteiger partial charge in [0.2, 0.25) is 0 Å². The van der Waals surface area contributed by atoms with E-state index >= 15 is 0 Å². The predicted octanol–water partition coefficient (Wildman–Crippen LogP) is 2.84. The number of sulfone groups is 1. The third kappa shape index (κ3) is 2.19. The van der Waals surface area contributed by atoms with Crippen LogP contribution in [0.5, 0.6) is 0 Å². The van der Waals surface area contributed by atoms with Gasteiger partial charge in [-0.3, -0.25) is 0 Å². The van der Waals surface area contributed by atoms with Gasteiger partial charge in [-0.05, 0) is 36.8 Å². The summed E-state index contributed by atoms with van der Waals surface area (Å²) in [5.74, 6) is 0. The first-order valence-electron chi connectivity index (χ1n) is 7.47. The van der Waals surface area contributed by atoms with Crippen molar-refractivity contribution in [3.8, 4) is 0 Å². The Bertz CT molecular complexity index is 594. The lowest BCUT2D eigenvalue weighted by Crippen LogP contribution is -2.38. The van der Waals surface area contributed by atoms with Crippen molar-refractivity contribution in [2.75, 3.05) is 6.26 Å². The zero-order chi connectivity index (χ0) is 14.4. The van der Waals surface area contributed by atoms with Crippen LogP contribution in [-0.4, -0.2) is 14.7 Å². The minimum absolute atomic E-state index is 0.210. The second kappa shape index (κ2) is 4.57. The molecule has 0 saturated heterocycles. The molecule has 3 rings (SSSR count). The Morgan fingerprint density at radius 2 is 1.40 bits per heavy atom. The van der Waals surface area contributed by atoms with Crippen molar-refractivity contribution in [2.45, 2.75) is 55.2 Å². The fraction of sp³-hybridized carbons (Fsp3) is 0.625. The van der Waals surface area contributed by atoms with Gasteiger partial charge in [0.05, 0.1) is 4.75 Å². The smallest absolute Gasteiger partial charge is 0.157 e. The zero-order valence-electron chi connectivity index (χ0n) is 12.1. The largest absolute Gasteiger partial charge is 0.321 e. The molecule has 1 aromatic carbocycles. The number of hydrogen-bond donors (Lipinski definition) is 1. The summed E-state index contributed by atoms with van der Waals surface area (Å²) in [5, 5.41) is 0. The van der Waals surface area contributed by atoms with E-state index in [4.69, 9.17) is 5.73 Å². The van der Waals surface area contributed by atoms with Gasteiger partial charge in [-0.1, -0.05) is 43.5 Å². The van der Waals surface area contributed by atoms with Crippen LogP contribution in [0.1, 0.15) is 56.1 Å². The average Bonchev–Trinajstić information content (AvgIpc) is 3.21. The summed E-state index contributed by atoms with van der Waals surface area (Å²) in [4.78, 5) is 0. The number of benzene rings is 1. The minimum atomic E-state index is -3.03. The molecule has 4 heteroatoms. The molecule has 0 heterocycles. The summed E-state index contributed by atoms with van der Waals surface area (Å²) in [5.41, 5.74) is 8.40. The Kier molecular flexibility index (Phi) is 3.22. The fourth-order valence-electron chi connectivity index (χ4n) is 3.56. The van der Waals surface area contributed by atoms with Crippen molar-refractivity contribution in [3.63, 3.8) is 0 Å². The van der Waals surface area contributed by atoms with Gasteiger partial charge in [0, 0.05) is 11.8 Å². The molecule has 0 radical (unpaired) electrons. The third-order valence-corrected chi connectivity index (χ3v) is 7.21. The highest BCUT2D eigenvalue weighted by Gasteiger charge is 2.53. The standard InChI is InChI=1S/C16H23NO2S/c1-20(18,19)16(11-12-16)14-7-5-13(6-8-14)15(17)9-3-2-4-10-15/h5-8H,2-4,9-12,17H2,1H3. The molecule has 0 aromatic heterocycles. The number of hydrogen-bond acceptors (Lipinski definition) is 3. The van der Waals surface area contributed by atoms with Gasteiger partial charge in [-0.25, -0.2) is 8.42 Å². The highest BCUT2D eigenvalue weighted by Crippen LogP contribution is 2.52. The molecule has 110 valence electrons. The van der Waals surface area contributed by atoms with Crippen LogP contribution < -0.4 is 5.73 Å². The molecular weight excluding hydrogens is 270 g/mol. The monoisotopic (exact) mass is 293 g/mol. The van der Waals surface area contributed by atoms with Crippen LogP contribution in [0.2, 0.25) is 0 Å². The first-order valence-corrected chi connectivity index (χ1v) is 9.36. The van der Waals surface area contributed by atoms with Crippen LogP contribution in [0.3, 0.4) is 0 Å². The van der Waals surface area contributed by atoms with Crippen LogP contribution in [0.15, 0.2) is 24.3 Å². The lowest BCUT2D eigenvalue weighted by Gasteiger charge is -2.34. The summed E-state index contributed by atoms with van der Waals surface area (Å²) in [7, 11) is -3.03. The molecule has 2 saturated carbocycles. The normalized spacial score (nSPS) is 24.3. The minimum Gasteiger partial charge on any atom is -0.321 e. The summed E-state index contributed by atoms with van der Waals surface area (Å²) in [6.45, 7) is 0. The molecule has 0 amide bonds. The van der Waals surface area contributed by atoms with Gasteiger partial charge in [0.15, 0.2) is 9.84 Å². The van der Waals surface area contributed by atoms with E-state index in [1.807, 2.05) is 24.3 Å². The molecule has 20 heavy (non-hydrogen) atoms. The second-order valence-corrected chi connectivity index (χ2v) is 8.89. The highest BCUT2D eigenvalue weighted by molar-refractivity contribution is 7.92. The van der Waals surface area contributed by atoms with Crippen molar-refractivity contribution in [1.29, 1.82) is 0 Å². The van der Waals surface area contributed by atoms with Crippen molar-refractivity contribution in [1.82, 2.24) is 0 Å². The van der Waals surface area contributed by atoms with E-state index in [9.17, 15) is 8.42 Å². The van der Waals surface area contributed by atoms with Gasteiger partial charge in [0.25, 0.3) is 0 Å². The highest BCUT2D eigenvalue weighted by atomic mass is 32.2. The van der Waals surface area contributed by atoms with Crippen LogP contribution in [0, 0.1) is 0 Å². The van der Waals surface area contributed by atoms with Crippen LogP contribution in [0.25, 0.3) is 0 Å². The summed E-state index contributed by atoms with van der Waals surface area (Å²) in [6, 6.07) is 8.05. The Balaban J connectivity index is 1.89. The van der Waals surface area contributed by atoms with E-state index < -0.39 is 14.6 Å².